The molecule has 0 aliphatic heterocycles. The molecule has 0 aliphatic carbocycles. The average Bonchev–Trinajstić information content (AvgIpc) is 2.44. The van der Waals surface area contributed by atoms with E-state index < -0.39 is 0 Å². The Balaban J connectivity index is 2.25. The Kier molecular flexibility index (Phi) is 3.06. The van der Waals surface area contributed by atoms with Crippen LogP contribution in [-0.2, 0) is 0 Å². The van der Waals surface area contributed by atoms with Crippen molar-refractivity contribution in [1.29, 1.82) is 0 Å². The molecule has 0 N–H and O–H groups in total. The molecule has 20 heavy (non-hydrogen) atoms. The first-order valence-corrected chi connectivity index (χ1v) is 7.01. The summed E-state index contributed by atoms with van der Waals surface area (Å²) in [5, 5.41) is 1.23. The van der Waals surface area contributed by atoms with E-state index in [0.29, 0.717) is 0 Å². The van der Waals surface area contributed by atoms with E-state index in [4.69, 9.17) is 4.98 Å². The van der Waals surface area contributed by atoms with Crippen molar-refractivity contribution in [3.8, 4) is 11.3 Å². The summed E-state index contributed by atoms with van der Waals surface area (Å²) >= 11 is 0. The lowest BCUT2D eigenvalue weighted by molar-refractivity contribution is 1.25. The minimum absolute atomic E-state index is 1.06. The van der Waals surface area contributed by atoms with Gasteiger partial charge in [0.25, 0.3) is 0 Å². The molecular formula is C19H19N. The fourth-order valence-electron chi connectivity index (χ4n) is 2.68. The summed E-state index contributed by atoms with van der Waals surface area (Å²) in [6.07, 6.45) is 0. The first kappa shape index (κ1) is 12.9. The highest BCUT2D eigenvalue weighted by molar-refractivity contribution is 5.85. The van der Waals surface area contributed by atoms with Crippen LogP contribution in [0.4, 0.5) is 0 Å². The van der Waals surface area contributed by atoms with Gasteiger partial charge in [-0.05, 0) is 74.2 Å². The Morgan fingerprint density at radius 3 is 2.10 bits per heavy atom. The number of pyridine rings is 1. The molecule has 100 valence electrons. The summed E-state index contributed by atoms with van der Waals surface area (Å²) in [6.45, 7) is 8.66. The standard InChI is InChI=1S/C19H19N/c1-12-9-16(10-13(2)15(12)4)19-11-14(3)17-7-5-6-8-18(17)20-19/h5-11H,1-4H3. The molecule has 0 atom stereocenters. The van der Waals surface area contributed by atoms with Crippen LogP contribution in [0.25, 0.3) is 22.2 Å². The van der Waals surface area contributed by atoms with Gasteiger partial charge in [0.15, 0.2) is 0 Å². The van der Waals surface area contributed by atoms with Crippen LogP contribution in [0.2, 0.25) is 0 Å². The van der Waals surface area contributed by atoms with Crippen LogP contribution in [0.15, 0.2) is 42.5 Å². The predicted molar refractivity (Wildman–Crippen MR) is 86.1 cm³/mol. The first-order valence-electron chi connectivity index (χ1n) is 7.01. The average molecular weight is 261 g/mol. The zero-order valence-electron chi connectivity index (χ0n) is 12.5. The summed E-state index contributed by atoms with van der Waals surface area (Å²) in [4.78, 5) is 4.82. The molecule has 1 aromatic heterocycles. The van der Waals surface area contributed by atoms with Crippen LogP contribution < -0.4 is 0 Å². The van der Waals surface area contributed by atoms with E-state index in [0.717, 1.165) is 11.2 Å². The lowest BCUT2D eigenvalue weighted by Crippen LogP contribution is -1.92. The maximum Gasteiger partial charge on any atom is 0.0712 e. The fourth-order valence-corrected chi connectivity index (χ4v) is 2.68. The van der Waals surface area contributed by atoms with E-state index in [9.17, 15) is 0 Å². The van der Waals surface area contributed by atoms with Gasteiger partial charge in [0.1, 0.15) is 0 Å². The van der Waals surface area contributed by atoms with Gasteiger partial charge in [0, 0.05) is 10.9 Å². The zero-order valence-corrected chi connectivity index (χ0v) is 12.5. The lowest BCUT2D eigenvalue weighted by atomic mass is 9.97. The summed E-state index contributed by atoms with van der Waals surface area (Å²) in [7, 11) is 0. The quantitative estimate of drug-likeness (QED) is 0.591. The van der Waals surface area contributed by atoms with E-state index in [-0.39, 0.29) is 0 Å². The first-order chi connectivity index (χ1) is 9.56. The van der Waals surface area contributed by atoms with Crippen molar-refractivity contribution in [2.45, 2.75) is 27.7 Å². The van der Waals surface area contributed by atoms with Crippen LogP contribution in [0.1, 0.15) is 22.3 Å². The molecule has 1 heteroatoms. The second-order valence-electron chi connectivity index (χ2n) is 5.58. The number of rotatable bonds is 1. The van der Waals surface area contributed by atoms with E-state index in [1.165, 1.54) is 33.2 Å². The maximum absolute atomic E-state index is 4.82. The molecule has 3 aromatic rings. The summed E-state index contributed by atoms with van der Waals surface area (Å²) in [5.41, 5.74) is 8.64. The predicted octanol–water partition coefficient (Wildman–Crippen LogP) is 5.14. The number of nitrogens with zero attached hydrogens (tertiary/aromatic N) is 1. The Hall–Kier alpha value is -2.15. The van der Waals surface area contributed by atoms with E-state index in [1.807, 2.05) is 6.07 Å². The van der Waals surface area contributed by atoms with Crippen molar-refractivity contribution < 1.29 is 0 Å². The molecule has 0 saturated heterocycles. The van der Waals surface area contributed by atoms with Crippen molar-refractivity contribution in [3.63, 3.8) is 0 Å². The molecule has 1 heterocycles. The van der Waals surface area contributed by atoms with E-state index >= 15 is 0 Å². The van der Waals surface area contributed by atoms with E-state index in [1.54, 1.807) is 0 Å². The maximum atomic E-state index is 4.82. The molecule has 2 aromatic carbocycles. The van der Waals surface area contributed by atoms with E-state index in [2.05, 4.69) is 64.1 Å². The van der Waals surface area contributed by atoms with Gasteiger partial charge < -0.3 is 0 Å². The molecule has 0 unspecified atom stereocenters. The molecule has 0 bridgehead atoms. The van der Waals surface area contributed by atoms with Crippen molar-refractivity contribution >= 4 is 10.9 Å². The van der Waals surface area contributed by atoms with Crippen LogP contribution in [0.3, 0.4) is 0 Å². The Bertz CT molecular complexity index is 777. The van der Waals surface area contributed by atoms with Gasteiger partial charge in [0.05, 0.1) is 11.2 Å². The number of hydrogen-bond donors (Lipinski definition) is 0. The second-order valence-corrected chi connectivity index (χ2v) is 5.58. The van der Waals surface area contributed by atoms with Crippen LogP contribution >= 0.6 is 0 Å². The summed E-state index contributed by atoms with van der Waals surface area (Å²) in [6, 6.07) is 15.0. The van der Waals surface area contributed by atoms with Gasteiger partial charge in [-0.25, -0.2) is 4.98 Å². The number of para-hydroxylation sites is 1. The van der Waals surface area contributed by atoms with Crippen molar-refractivity contribution in [2.75, 3.05) is 0 Å². The molecule has 0 radical (unpaired) electrons. The number of hydrogen-bond acceptors (Lipinski definition) is 1. The molecule has 0 spiro atoms. The second kappa shape index (κ2) is 4.75. The smallest absolute Gasteiger partial charge is 0.0712 e. The molecule has 3 rings (SSSR count). The largest absolute Gasteiger partial charge is 0.248 e. The molecular weight excluding hydrogens is 242 g/mol. The number of benzene rings is 2. The van der Waals surface area contributed by atoms with Gasteiger partial charge in [0.2, 0.25) is 0 Å². The van der Waals surface area contributed by atoms with Crippen molar-refractivity contribution in [3.05, 3.63) is 64.7 Å². The third kappa shape index (κ3) is 2.09. The Labute approximate surface area is 120 Å². The molecule has 1 nitrogen and oxygen atoms in total. The Morgan fingerprint density at radius 2 is 1.40 bits per heavy atom. The molecule has 0 amide bonds. The topological polar surface area (TPSA) is 12.9 Å². The summed E-state index contributed by atoms with van der Waals surface area (Å²) < 4.78 is 0. The highest BCUT2D eigenvalue weighted by Crippen LogP contribution is 2.27. The van der Waals surface area contributed by atoms with Crippen LogP contribution in [-0.4, -0.2) is 4.98 Å². The number of aromatic nitrogens is 1. The van der Waals surface area contributed by atoms with Gasteiger partial charge in [-0.2, -0.15) is 0 Å². The third-order valence-electron chi connectivity index (χ3n) is 4.15. The van der Waals surface area contributed by atoms with Crippen LogP contribution in [0.5, 0.6) is 0 Å². The third-order valence-corrected chi connectivity index (χ3v) is 4.15. The van der Waals surface area contributed by atoms with Gasteiger partial charge in [-0.3, -0.25) is 0 Å². The highest BCUT2D eigenvalue weighted by Gasteiger charge is 2.07. The van der Waals surface area contributed by atoms with Gasteiger partial charge in [-0.15, -0.1) is 0 Å². The number of aryl methyl sites for hydroxylation is 3. The normalized spacial score (nSPS) is 11.0. The lowest BCUT2D eigenvalue weighted by Gasteiger charge is -2.11. The van der Waals surface area contributed by atoms with Gasteiger partial charge in [-0.1, -0.05) is 18.2 Å². The summed E-state index contributed by atoms with van der Waals surface area (Å²) in [5.74, 6) is 0. The van der Waals surface area contributed by atoms with Crippen molar-refractivity contribution in [2.24, 2.45) is 0 Å². The molecule has 0 fully saturated rings. The highest BCUT2D eigenvalue weighted by atomic mass is 14.7. The zero-order chi connectivity index (χ0) is 14.3. The minimum atomic E-state index is 1.06. The minimum Gasteiger partial charge on any atom is -0.248 e. The van der Waals surface area contributed by atoms with Gasteiger partial charge >= 0.3 is 0 Å². The monoisotopic (exact) mass is 261 g/mol. The Morgan fingerprint density at radius 1 is 0.750 bits per heavy atom. The molecule has 0 aliphatic rings. The molecule has 0 saturated carbocycles. The fraction of sp³-hybridized carbons (Fsp3) is 0.211. The SMILES string of the molecule is Cc1cc(-c2cc(C)c3ccccc3n2)cc(C)c1C. The number of fused-ring (bicyclic) bond motifs is 1. The van der Waals surface area contributed by atoms with Crippen LogP contribution in [0, 0.1) is 27.7 Å². The van der Waals surface area contributed by atoms with Crippen molar-refractivity contribution in [1.82, 2.24) is 4.98 Å².